The van der Waals surface area contributed by atoms with E-state index < -0.39 is 12.6 Å². The summed E-state index contributed by atoms with van der Waals surface area (Å²) in [6.07, 6.45) is 2.04. The zero-order valence-corrected chi connectivity index (χ0v) is 22.1. The van der Waals surface area contributed by atoms with Crippen molar-refractivity contribution in [1.29, 1.82) is 0 Å². The van der Waals surface area contributed by atoms with Crippen LogP contribution in [0, 0.1) is 0 Å². The number of carbonyl (C=O) groups excluding carboxylic acids is 1. The lowest BCUT2D eigenvalue weighted by Gasteiger charge is -2.19. The largest absolute Gasteiger partial charge is 0.496 e. The predicted molar refractivity (Wildman–Crippen MR) is 146 cm³/mol. The lowest BCUT2D eigenvalue weighted by molar-refractivity contribution is -0.139. The number of allylic oxidation sites excluding steroid dienone is 1. The Labute approximate surface area is 223 Å². The van der Waals surface area contributed by atoms with Crippen LogP contribution in [0.1, 0.15) is 11.1 Å². The Hall–Kier alpha value is -4.50. The van der Waals surface area contributed by atoms with E-state index in [9.17, 15) is 14.7 Å². The Balaban J connectivity index is 1.99. The number of hydrogen-bond donors (Lipinski definition) is 1. The number of carboxylic acid groups (broad SMARTS) is 1. The summed E-state index contributed by atoms with van der Waals surface area (Å²) in [5.41, 5.74) is 2.28. The van der Waals surface area contributed by atoms with Crippen LogP contribution < -0.4 is 23.7 Å². The van der Waals surface area contributed by atoms with Crippen LogP contribution in [-0.4, -0.2) is 52.4 Å². The van der Waals surface area contributed by atoms with Gasteiger partial charge in [-0.1, -0.05) is 18.2 Å². The van der Waals surface area contributed by atoms with Crippen LogP contribution in [0.15, 0.2) is 60.7 Å². The molecule has 0 aliphatic rings. The average molecular weight is 535 g/mol. The van der Waals surface area contributed by atoms with E-state index in [1.165, 1.54) is 34.5 Å². The summed E-state index contributed by atoms with van der Waals surface area (Å²) in [6.45, 7) is -0.581. The molecule has 0 fully saturated rings. The number of benzene rings is 3. The number of carbonyl (C=O) groups is 2. The van der Waals surface area contributed by atoms with Crippen LogP contribution in [0.3, 0.4) is 0 Å². The van der Waals surface area contributed by atoms with Crippen molar-refractivity contribution < 1.29 is 38.4 Å². The molecule has 0 atom stereocenters. The van der Waals surface area contributed by atoms with E-state index >= 15 is 0 Å². The van der Waals surface area contributed by atoms with E-state index in [4.69, 9.17) is 23.7 Å². The van der Waals surface area contributed by atoms with E-state index in [0.29, 0.717) is 46.0 Å². The number of hydrogen-bond acceptors (Lipinski definition) is 8. The zero-order valence-electron chi connectivity index (χ0n) is 21.3. The second kappa shape index (κ2) is 11.7. The van der Waals surface area contributed by atoms with Crippen molar-refractivity contribution >= 4 is 39.3 Å². The highest BCUT2D eigenvalue weighted by molar-refractivity contribution is 7.22. The maximum atomic E-state index is 11.8. The standard InChI is InChI=1S/C29H26O8S/c1-33-22-15-23(37-16-28(31)32)20(14-21(22)27-13-17-7-5-6-8-26(17)38-27)19(9-10-30)18-11-24(34-2)29(36-4)25(12-18)35-3/h5-15H,16H2,1-4H3,(H,31,32). The van der Waals surface area contributed by atoms with Gasteiger partial charge in [0.15, 0.2) is 18.1 Å². The van der Waals surface area contributed by atoms with Gasteiger partial charge in [-0.25, -0.2) is 4.79 Å². The number of aliphatic carboxylic acids is 1. The lowest BCUT2D eigenvalue weighted by Crippen LogP contribution is -2.11. The Kier molecular flexibility index (Phi) is 8.18. The maximum Gasteiger partial charge on any atom is 0.341 e. The van der Waals surface area contributed by atoms with E-state index in [2.05, 4.69) is 6.07 Å². The fraction of sp³-hybridized carbons (Fsp3) is 0.172. The number of carboxylic acids is 1. The molecule has 0 bridgehead atoms. The minimum atomic E-state index is -1.14. The fourth-order valence-corrected chi connectivity index (χ4v) is 5.24. The van der Waals surface area contributed by atoms with Gasteiger partial charge < -0.3 is 28.8 Å². The van der Waals surface area contributed by atoms with Crippen molar-refractivity contribution in [3.05, 3.63) is 71.8 Å². The number of rotatable bonds is 11. The van der Waals surface area contributed by atoms with Crippen molar-refractivity contribution in [2.24, 2.45) is 0 Å². The Morgan fingerprint density at radius 1 is 0.868 bits per heavy atom. The smallest absolute Gasteiger partial charge is 0.341 e. The summed E-state index contributed by atoms with van der Waals surface area (Å²) >= 11 is 1.59. The summed E-state index contributed by atoms with van der Waals surface area (Å²) in [6, 6.07) is 17.0. The van der Waals surface area contributed by atoms with Crippen LogP contribution in [0.25, 0.3) is 26.1 Å². The van der Waals surface area contributed by atoms with Gasteiger partial charge in [0.1, 0.15) is 17.8 Å². The lowest BCUT2D eigenvalue weighted by atomic mass is 9.93. The molecule has 0 saturated carbocycles. The minimum absolute atomic E-state index is 0.232. The third-order valence-corrected chi connectivity index (χ3v) is 6.99. The van der Waals surface area contributed by atoms with E-state index in [1.54, 1.807) is 29.5 Å². The highest BCUT2D eigenvalue weighted by atomic mass is 32.1. The highest BCUT2D eigenvalue weighted by Crippen LogP contribution is 2.46. The predicted octanol–water partition coefficient (Wildman–Crippen LogP) is 5.70. The molecule has 0 saturated heterocycles. The Morgan fingerprint density at radius 2 is 1.55 bits per heavy atom. The monoisotopic (exact) mass is 534 g/mol. The average Bonchev–Trinajstić information content (AvgIpc) is 3.37. The SMILES string of the molecule is COc1cc(OCC(=O)O)c(C(=CC=O)c2cc(OC)c(OC)c(OC)c2)cc1-c1cc2ccccc2s1. The van der Waals surface area contributed by atoms with Gasteiger partial charge in [0.2, 0.25) is 5.75 Å². The molecule has 0 amide bonds. The number of thiophene rings is 1. The highest BCUT2D eigenvalue weighted by Gasteiger charge is 2.22. The van der Waals surface area contributed by atoms with Crippen LogP contribution in [0.4, 0.5) is 0 Å². The second-order valence-electron chi connectivity index (χ2n) is 8.01. The molecule has 1 N–H and O–H groups in total. The number of aldehydes is 1. The van der Waals surface area contributed by atoms with E-state index in [0.717, 1.165) is 20.5 Å². The zero-order chi connectivity index (χ0) is 27.2. The van der Waals surface area contributed by atoms with Gasteiger partial charge in [-0.3, -0.25) is 4.79 Å². The van der Waals surface area contributed by atoms with Gasteiger partial charge >= 0.3 is 5.97 Å². The summed E-state index contributed by atoms with van der Waals surface area (Å²) in [4.78, 5) is 24.1. The van der Waals surface area contributed by atoms with Gasteiger partial charge in [-0.15, -0.1) is 11.3 Å². The van der Waals surface area contributed by atoms with Crippen molar-refractivity contribution in [1.82, 2.24) is 0 Å². The first-order chi connectivity index (χ1) is 18.4. The fourth-order valence-electron chi connectivity index (χ4n) is 4.15. The van der Waals surface area contributed by atoms with Crippen LogP contribution in [-0.2, 0) is 9.59 Å². The van der Waals surface area contributed by atoms with Crippen molar-refractivity contribution in [3.63, 3.8) is 0 Å². The van der Waals surface area contributed by atoms with Crippen molar-refractivity contribution in [3.8, 4) is 39.2 Å². The molecule has 8 nitrogen and oxygen atoms in total. The Morgan fingerprint density at radius 3 is 2.13 bits per heavy atom. The molecule has 196 valence electrons. The van der Waals surface area contributed by atoms with Crippen molar-refractivity contribution in [2.45, 2.75) is 0 Å². The summed E-state index contributed by atoms with van der Waals surface area (Å²) < 4.78 is 28.9. The third kappa shape index (κ3) is 5.28. The molecule has 1 aromatic heterocycles. The topological polar surface area (TPSA) is 101 Å². The second-order valence-corrected chi connectivity index (χ2v) is 9.09. The quantitative estimate of drug-likeness (QED) is 0.193. The minimum Gasteiger partial charge on any atom is -0.496 e. The van der Waals surface area contributed by atoms with Gasteiger partial charge in [0.05, 0.1) is 28.4 Å². The molecular weight excluding hydrogens is 508 g/mol. The van der Waals surface area contributed by atoms with Crippen LogP contribution in [0.2, 0.25) is 0 Å². The molecule has 0 unspecified atom stereocenters. The molecule has 0 aliphatic heterocycles. The molecule has 1 heterocycles. The number of methoxy groups -OCH3 is 4. The van der Waals surface area contributed by atoms with Gasteiger partial charge in [-0.2, -0.15) is 0 Å². The third-order valence-electron chi connectivity index (χ3n) is 5.84. The summed E-state index contributed by atoms with van der Waals surface area (Å²) in [7, 11) is 6.03. The first kappa shape index (κ1) is 26.6. The molecular formula is C29H26O8S. The Bertz CT molecular complexity index is 1460. The van der Waals surface area contributed by atoms with Crippen LogP contribution >= 0.6 is 11.3 Å². The molecule has 0 spiro atoms. The molecule has 0 aliphatic carbocycles. The first-order valence-electron chi connectivity index (χ1n) is 11.5. The van der Waals surface area contributed by atoms with Gasteiger partial charge in [-0.05, 0) is 52.9 Å². The number of fused-ring (bicyclic) bond motifs is 1. The van der Waals surface area contributed by atoms with Crippen molar-refractivity contribution in [2.75, 3.05) is 35.0 Å². The number of ether oxygens (including phenoxy) is 5. The summed E-state index contributed by atoms with van der Waals surface area (Å²) in [5, 5.41) is 10.4. The molecule has 0 radical (unpaired) electrons. The molecule has 3 aromatic carbocycles. The van der Waals surface area contributed by atoms with Gasteiger partial charge in [0.25, 0.3) is 0 Å². The van der Waals surface area contributed by atoms with E-state index in [1.807, 2.05) is 30.3 Å². The molecule has 4 rings (SSSR count). The molecule has 4 aromatic rings. The maximum absolute atomic E-state index is 11.8. The summed E-state index contributed by atoms with van der Waals surface area (Å²) in [5.74, 6) is 0.770. The molecule has 9 heteroatoms. The van der Waals surface area contributed by atoms with Gasteiger partial charge in [0, 0.05) is 26.8 Å². The molecule has 38 heavy (non-hydrogen) atoms. The first-order valence-corrected chi connectivity index (χ1v) is 12.3. The normalized spacial score (nSPS) is 11.2. The van der Waals surface area contributed by atoms with E-state index in [-0.39, 0.29) is 5.75 Å². The van der Waals surface area contributed by atoms with Crippen LogP contribution in [0.5, 0.6) is 28.7 Å².